The van der Waals surface area contributed by atoms with Crippen LogP contribution in [0, 0.1) is 15.9 Å². The average molecular weight is 256 g/mol. The molecule has 0 aliphatic rings. The van der Waals surface area contributed by atoms with E-state index in [-0.39, 0.29) is 18.5 Å². The monoisotopic (exact) mass is 256 g/mol. The summed E-state index contributed by atoms with van der Waals surface area (Å²) in [4.78, 5) is 31.0. The van der Waals surface area contributed by atoms with Crippen molar-refractivity contribution in [3.05, 3.63) is 34.1 Å². The van der Waals surface area contributed by atoms with E-state index in [1.54, 1.807) is 0 Å². The highest BCUT2D eigenvalue weighted by atomic mass is 19.1. The van der Waals surface area contributed by atoms with Gasteiger partial charge in [-0.05, 0) is 12.1 Å². The maximum atomic E-state index is 13.0. The summed E-state index contributed by atoms with van der Waals surface area (Å²) in [6, 6.07) is 2.87. The second-order valence-corrected chi connectivity index (χ2v) is 3.37. The molecule has 2 N–H and O–H groups in total. The van der Waals surface area contributed by atoms with E-state index in [1.165, 1.54) is 0 Å². The molecule has 0 saturated heterocycles. The number of anilines is 1. The van der Waals surface area contributed by atoms with Crippen LogP contribution in [0.5, 0.6) is 0 Å². The fraction of sp³-hybridized carbons (Fsp3) is 0.200. The number of benzene rings is 1. The van der Waals surface area contributed by atoms with Crippen molar-refractivity contribution in [2.45, 2.75) is 12.8 Å². The van der Waals surface area contributed by atoms with Gasteiger partial charge in [0.05, 0.1) is 11.3 Å². The van der Waals surface area contributed by atoms with E-state index >= 15 is 0 Å². The first-order valence-corrected chi connectivity index (χ1v) is 4.85. The Morgan fingerprint density at radius 3 is 2.61 bits per heavy atom. The quantitative estimate of drug-likeness (QED) is 0.613. The number of carboxylic acids is 1. The third-order valence-corrected chi connectivity index (χ3v) is 1.99. The Morgan fingerprint density at radius 1 is 1.39 bits per heavy atom. The summed E-state index contributed by atoms with van der Waals surface area (Å²) in [5.74, 6) is -2.75. The lowest BCUT2D eigenvalue weighted by Gasteiger charge is -2.04. The minimum Gasteiger partial charge on any atom is -0.481 e. The predicted octanol–water partition coefficient (Wildman–Crippen LogP) is 1.54. The summed E-state index contributed by atoms with van der Waals surface area (Å²) in [6.45, 7) is 0. The van der Waals surface area contributed by atoms with Gasteiger partial charge in [-0.1, -0.05) is 0 Å². The molecule has 0 unspecified atom stereocenters. The van der Waals surface area contributed by atoms with Gasteiger partial charge in [-0.25, -0.2) is 0 Å². The van der Waals surface area contributed by atoms with E-state index in [0.29, 0.717) is 0 Å². The van der Waals surface area contributed by atoms with Crippen LogP contribution in [0.1, 0.15) is 12.8 Å². The number of hydrogen-bond acceptors (Lipinski definition) is 4. The molecular formula is C10H9FN2O5. The molecule has 0 spiro atoms. The van der Waals surface area contributed by atoms with Gasteiger partial charge >= 0.3 is 11.7 Å². The third kappa shape index (κ3) is 3.81. The van der Waals surface area contributed by atoms with Crippen molar-refractivity contribution < 1.29 is 24.0 Å². The van der Waals surface area contributed by atoms with Crippen molar-refractivity contribution in [2.24, 2.45) is 0 Å². The molecule has 1 rings (SSSR count). The van der Waals surface area contributed by atoms with Crippen molar-refractivity contribution in [1.82, 2.24) is 0 Å². The second-order valence-electron chi connectivity index (χ2n) is 3.37. The van der Waals surface area contributed by atoms with Crippen LogP contribution in [-0.4, -0.2) is 21.9 Å². The molecule has 1 aromatic rings. The molecule has 1 amide bonds. The van der Waals surface area contributed by atoms with E-state index < -0.39 is 28.3 Å². The van der Waals surface area contributed by atoms with Crippen molar-refractivity contribution in [3.63, 3.8) is 0 Å². The molecule has 0 aliphatic carbocycles. The van der Waals surface area contributed by atoms with E-state index in [9.17, 15) is 24.1 Å². The van der Waals surface area contributed by atoms with Crippen LogP contribution >= 0.6 is 0 Å². The van der Waals surface area contributed by atoms with Gasteiger partial charge in [-0.2, -0.15) is 4.39 Å². The summed E-state index contributed by atoms with van der Waals surface area (Å²) in [6.07, 6.45) is -0.615. The highest BCUT2D eigenvalue weighted by molar-refractivity contribution is 5.92. The van der Waals surface area contributed by atoms with Gasteiger partial charge in [-0.15, -0.1) is 0 Å². The number of halogens is 1. The summed E-state index contributed by atoms with van der Waals surface area (Å²) in [5.41, 5.74) is -0.718. The van der Waals surface area contributed by atoms with E-state index in [2.05, 4.69) is 5.32 Å². The highest BCUT2D eigenvalue weighted by Crippen LogP contribution is 2.21. The van der Waals surface area contributed by atoms with Crippen LogP contribution in [-0.2, 0) is 9.59 Å². The number of carbonyl (C=O) groups excluding carboxylic acids is 1. The maximum absolute atomic E-state index is 13.0. The molecule has 8 heteroatoms. The Labute approximate surface area is 100 Å². The van der Waals surface area contributed by atoms with E-state index in [0.717, 1.165) is 18.2 Å². The Bertz CT molecular complexity index is 503. The number of nitro benzene ring substituents is 1. The Morgan fingerprint density at radius 2 is 2.06 bits per heavy atom. The minimum atomic E-state index is -1.13. The maximum Gasteiger partial charge on any atom is 0.306 e. The first-order chi connectivity index (χ1) is 8.40. The SMILES string of the molecule is O=C(O)CCC(=O)Nc1ccc(F)c([N+](=O)[O-])c1. The molecule has 0 saturated carbocycles. The number of hydrogen-bond donors (Lipinski definition) is 2. The number of nitro groups is 1. The lowest BCUT2D eigenvalue weighted by molar-refractivity contribution is -0.387. The standard InChI is InChI=1S/C10H9FN2O5/c11-7-2-1-6(5-8(7)13(17)18)12-9(14)3-4-10(15)16/h1-2,5H,3-4H2,(H,12,14)(H,15,16). The lowest BCUT2D eigenvalue weighted by atomic mass is 10.2. The number of aliphatic carboxylic acids is 1. The van der Waals surface area contributed by atoms with Crippen LogP contribution in [0.4, 0.5) is 15.8 Å². The Balaban J connectivity index is 2.73. The number of carbonyl (C=O) groups is 2. The van der Waals surface area contributed by atoms with Gasteiger partial charge in [0, 0.05) is 18.2 Å². The molecule has 0 aromatic heterocycles. The summed E-state index contributed by atoms with van der Waals surface area (Å²) < 4.78 is 13.0. The lowest BCUT2D eigenvalue weighted by Crippen LogP contribution is -2.13. The Hall–Kier alpha value is -2.51. The fourth-order valence-electron chi connectivity index (χ4n) is 1.17. The number of rotatable bonds is 5. The van der Waals surface area contributed by atoms with Crippen LogP contribution < -0.4 is 5.32 Å². The number of amides is 1. The number of nitrogens with zero attached hydrogens (tertiary/aromatic N) is 1. The zero-order valence-corrected chi connectivity index (χ0v) is 9.05. The molecule has 0 heterocycles. The molecule has 0 bridgehead atoms. The van der Waals surface area contributed by atoms with Gasteiger partial charge in [0.1, 0.15) is 0 Å². The van der Waals surface area contributed by atoms with Gasteiger partial charge in [0.2, 0.25) is 11.7 Å². The van der Waals surface area contributed by atoms with Gasteiger partial charge in [-0.3, -0.25) is 19.7 Å². The van der Waals surface area contributed by atoms with Crippen LogP contribution in [0.15, 0.2) is 18.2 Å². The van der Waals surface area contributed by atoms with Gasteiger partial charge < -0.3 is 10.4 Å². The number of nitrogens with one attached hydrogen (secondary N) is 1. The first kappa shape index (κ1) is 13.6. The van der Waals surface area contributed by atoms with Crippen LogP contribution in [0.25, 0.3) is 0 Å². The zero-order chi connectivity index (χ0) is 13.7. The summed E-state index contributed by atoms with van der Waals surface area (Å²) in [7, 11) is 0. The molecule has 0 radical (unpaired) electrons. The van der Waals surface area contributed by atoms with Gasteiger partial charge in [0.15, 0.2) is 0 Å². The van der Waals surface area contributed by atoms with Crippen molar-refractivity contribution in [1.29, 1.82) is 0 Å². The van der Waals surface area contributed by atoms with Crippen molar-refractivity contribution >= 4 is 23.3 Å². The molecule has 96 valence electrons. The molecule has 0 atom stereocenters. The normalized spacial score (nSPS) is 9.83. The molecule has 0 fully saturated rings. The third-order valence-electron chi connectivity index (χ3n) is 1.99. The van der Waals surface area contributed by atoms with Crippen molar-refractivity contribution in [3.8, 4) is 0 Å². The molecular weight excluding hydrogens is 247 g/mol. The van der Waals surface area contributed by atoms with Crippen LogP contribution in [0.3, 0.4) is 0 Å². The van der Waals surface area contributed by atoms with E-state index in [4.69, 9.17) is 5.11 Å². The average Bonchev–Trinajstić information content (AvgIpc) is 2.28. The topological polar surface area (TPSA) is 110 Å². The molecule has 0 aliphatic heterocycles. The molecule has 7 nitrogen and oxygen atoms in total. The Kier molecular flexibility index (Phi) is 4.30. The van der Waals surface area contributed by atoms with Crippen LogP contribution in [0.2, 0.25) is 0 Å². The molecule has 18 heavy (non-hydrogen) atoms. The highest BCUT2D eigenvalue weighted by Gasteiger charge is 2.15. The predicted molar refractivity (Wildman–Crippen MR) is 58.6 cm³/mol. The second kappa shape index (κ2) is 5.71. The smallest absolute Gasteiger partial charge is 0.306 e. The van der Waals surface area contributed by atoms with Crippen molar-refractivity contribution in [2.75, 3.05) is 5.32 Å². The zero-order valence-electron chi connectivity index (χ0n) is 9.05. The summed E-state index contributed by atoms with van der Waals surface area (Å²) >= 11 is 0. The first-order valence-electron chi connectivity index (χ1n) is 4.85. The van der Waals surface area contributed by atoms with Gasteiger partial charge in [0.25, 0.3) is 0 Å². The summed E-state index contributed by atoms with van der Waals surface area (Å²) in [5, 5.41) is 21.1. The van der Waals surface area contributed by atoms with E-state index in [1.807, 2.05) is 0 Å². The fourth-order valence-corrected chi connectivity index (χ4v) is 1.17. The largest absolute Gasteiger partial charge is 0.481 e. The molecule has 1 aromatic carbocycles. The minimum absolute atomic E-state index is 0.0403. The number of carboxylic acid groups (broad SMARTS) is 1.